The van der Waals surface area contributed by atoms with Crippen LogP contribution in [0.25, 0.3) is 6.08 Å². The number of pyridine rings is 1. The fraction of sp³-hybridized carbons (Fsp3) is 0.500. The maximum absolute atomic E-state index is 8.95. The van der Waals surface area contributed by atoms with Crippen molar-refractivity contribution in [2.45, 2.75) is 45.5 Å². The fourth-order valence-corrected chi connectivity index (χ4v) is 1.77. The predicted molar refractivity (Wildman–Crippen MR) is 75.3 cm³/mol. The molecule has 1 aliphatic rings. The van der Waals surface area contributed by atoms with Crippen LogP contribution in [0.15, 0.2) is 24.3 Å². The van der Waals surface area contributed by atoms with Crippen LogP contribution in [0.5, 0.6) is 0 Å². The standard InChI is InChI=1S/C14H20BNO3/c1-13(2)14(3,4)19-15(18-13)8-7-12-6-5-11(10-17)9-16-12/h5-9,17H,10H2,1-4H3/b8-7+. The van der Waals surface area contributed by atoms with Crippen molar-refractivity contribution in [1.29, 1.82) is 0 Å². The number of aliphatic hydroxyl groups is 1. The molecule has 0 aromatic carbocycles. The molecule has 0 amide bonds. The molecule has 1 N–H and O–H groups in total. The Hall–Kier alpha value is -1.17. The third kappa shape index (κ3) is 3.05. The van der Waals surface area contributed by atoms with E-state index in [2.05, 4.69) is 4.98 Å². The number of hydrogen-bond donors (Lipinski definition) is 1. The summed E-state index contributed by atoms with van der Waals surface area (Å²) in [4.78, 5) is 4.23. The predicted octanol–water partition coefficient (Wildman–Crippen LogP) is 2.22. The summed E-state index contributed by atoms with van der Waals surface area (Å²) in [5.74, 6) is 1.86. The molecule has 2 rings (SSSR count). The molecule has 4 nitrogen and oxygen atoms in total. The molecular formula is C14H20BNO3. The maximum atomic E-state index is 8.95. The Morgan fingerprint density at radius 3 is 2.32 bits per heavy atom. The van der Waals surface area contributed by atoms with Gasteiger partial charge in [0.1, 0.15) is 0 Å². The number of nitrogens with zero attached hydrogens (tertiary/aromatic N) is 1. The van der Waals surface area contributed by atoms with Gasteiger partial charge in [-0.25, -0.2) is 0 Å². The Balaban J connectivity index is 2.04. The first-order chi connectivity index (χ1) is 8.84. The first-order valence-corrected chi connectivity index (χ1v) is 6.44. The van der Waals surface area contributed by atoms with Crippen molar-refractivity contribution in [1.82, 2.24) is 4.98 Å². The average Bonchev–Trinajstić information content (AvgIpc) is 2.56. The van der Waals surface area contributed by atoms with Crippen LogP contribution in [0.1, 0.15) is 39.0 Å². The van der Waals surface area contributed by atoms with E-state index in [0.717, 1.165) is 11.3 Å². The fourth-order valence-electron chi connectivity index (χ4n) is 1.77. The van der Waals surface area contributed by atoms with Gasteiger partial charge in [-0.15, -0.1) is 0 Å². The van der Waals surface area contributed by atoms with Crippen molar-refractivity contribution >= 4 is 13.2 Å². The normalized spacial score (nSPS) is 21.2. The monoisotopic (exact) mass is 261 g/mol. The van der Waals surface area contributed by atoms with Gasteiger partial charge in [-0.1, -0.05) is 12.0 Å². The quantitative estimate of drug-likeness (QED) is 0.847. The zero-order valence-corrected chi connectivity index (χ0v) is 11.9. The van der Waals surface area contributed by atoms with Crippen LogP contribution >= 0.6 is 0 Å². The number of rotatable bonds is 3. The van der Waals surface area contributed by atoms with Crippen molar-refractivity contribution in [2.24, 2.45) is 0 Å². The van der Waals surface area contributed by atoms with Gasteiger partial charge < -0.3 is 14.4 Å². The molecule has 0 saturated carbocycles. The third-order valence-corrected chi connectivity index (χ3v) is 3.73. The molecule has 0 bridgehead atoms. The minimum absolute atomic E-state index is 0.00816. The summed E-state index contributed by atoms with van der Waals surface area (Å²) in [7, 11) is -0.357. The Kier molecular flexibility index (Phi) is 3.81. The van der Waals surface area contributed by atoms with Crippen LogP contribution in [0, 0.1) is 0 Å². The number of hydrogen-bond acceptors (Lipinski definition) is 4. The molecule has 0 aliphatic carbocycles. The van der Waals surface area contributed by atoms with Crippen LogP contribution in [-0.4, -0.2) is 28.4 Å². The molecular weight excluding hydrogens is 241 g/mol. The van der Waals surface area contributed by atoms with Crippen molar-refractivity contribution in [3.8, 4) is 0 Å². The van der Waals surface area contributed by atoms with Gasteiger partial charge in [0.15, 0.2) is 0 Å². The smallest absolute Gasteiger partial charge is 0.400 e. The van der Waals surface area contributed by atoms with Crippen molar-refractivity contribution in [2.75, 3.05) is 0 Å². The minimum atomic E-state index is -0.357. The van der Waals surface area contributed by atoms with Crippen LogP contribution in [0.3, 0.4) is 0 Å². The zero-order valence-electron chi connectivity index (χ0n) is 11.9. The van der Waals surface area contributed by atoms with E-state index >= 15 is 0 Å². The molecule has 1 aliphatic heterocycles. The van der Waals surface area contributed by atoms with E-state index in [1.807, 2.05) is 51.9 Å². The van der Waals surface area contributed by atoms with Crippen molar-refractivity contribution in [3.05, 3.63) is 35.6 Å². The van der Waals surface area contributed by atoms with E-state index in [1.165, 1.54) is 0 Å². The van der Waals surface area contributed by atoms with Gasteiger partial charge in [-0.3, -0.25) is 4.98 Å². The van der Waals surface area contributed by atoms with Gasteiger partial charge in [0.25, 0.3) is 0 Å². The highest BCUT2D eigenvalue weighted by atomic mass is 16.7. The van der Waals surface area contributed by atoms with E-state index in [9.17, 15) is 0 Å². The Bertz CT molecular complexity index is 452. The van der Waals surface area contributed by atoms with Crippen LogP contribution < -0.4 is 0 Å². The Labute approximate surface area is 114 Å². The lowest BCUT2D eigenvalue weighted by molar-refractivity contribution is 0.00578. The third-order valence-electron chi connectivity index (χ3n) is 3.73. The molecule has 2 heterocycles. The Morgan fingerprint density at radius 1 is 1.21 bits per heavy atom. The molecule has 19 heavy (non-hydrogen) atoms. The van der Waals surface area contributed by atoms with Crippen LogP contribution in [0.4, 0.5) is 0 Å². The summed E-state index contributed by atoms with van der Waals surface area (Å²) in [5.41, 5.74) is 0.964. The molecule has 0 unspecified atom stereocenters. The molecule has 0 radical (unpaired) electrons. The van der Waals surface area contributed by atoms with Gasteiger partial charge in [-0.05, 0) is 45.4 Å². The van der Waals surface area contributed by atoms with E-state index in [4.69, 9.17) is 14.4 Å². The molecule has 0 spiro atoms. The number of aliphatic hydroxyl groups excluding tert-OH is 1. The van der Waals surface area contributed by atoms with Crippen LogP contribution in [-0.2, 0) is 15.9 Å². The van der Waals surface area contributed by atoms with Gasteiger partial charge in [0.05, 0.1) is 23.5 Å². The summed E-state index contributed by atoms with van der Waals surface area (Å²) in [6.07, 6.45) is 3.52. The molecule has 1 fully saturated rings. The SMILES string of the molecule is CC1(C)OB(/C=C/c2ccc(CO)cn2)OC1(C)C. The second-order valence-electron chi connectivity index (χ2n) is 5.73. The van der Waals surface area contributed by atoms with Gasteiger partial charge in [0.2, 0.25) is 0 Å². The lowest BCUT2D eigenvalue weighted by atomic mass is 9.89. The Morgan fingerprint density at radius 2 is 1.84 bits per heavy atom. The summed E-state index contributed by atoms with van der Waals surface area (Å²) < 4.78 is 11.7. The van der Waals surface area contributed by atoms with E-state index < -0.39 is 0 Å². The highest BCUT2D eigenvalue weighted by molar-refractivity contribution is 6.52. The summed E-state index contributed by atoms with van der Waals surface area (Å²) in [5, 5.41) is 8.95. The zero-order chi connectivity index (χ0) is 14.1. The van der Waals surface area contributed by atoms with E-state index in [1.54, 1.807) is 6.20 Å². The molecule has 5 heteroatoms. The summed E-state index contributed by atoms with van der Waals surface area (Å²) in [6.45, 7) is 8.10. The first-order valence-electron chi connectivity index (χ1n) is 6.44. The maximum Gasteiger partial charge on any atom is 0.487 e. The minimum Gasteiger partial charge on any atom is -0.400 e. The van der Waals surface area contributed by atoms with Gasteiger partial charge >= 0.3 is 7.12 Å². The van der Waals surface area contributed by atoms with Crippen molar-refractivity contribution < 1.29 is 14.4 Å². The topological polar surface area (TPSA) is 51.6 Å². The molecule has 102 valence electrons. The lowest BCUT2D eigenvalue weighted by Crippen LogP contribution is -2.41. The number of aromatic nitrogens is 1. The molecule has 1 aromatic heterocycles. The highest BCUT2D eigenvalue weighted by Crippen LogP contribution is 2.36. The molecule has 0 atom stereocenters. The highest BCUT2D eigenvalue weighted by Gasteiger charge is 2.49. The average molecular weight is 261 g/mol. The second-order valence-corrected chi connectivity index (χ2v) is 5.73. The van der Waals surface area contributed by atoms with E-state index in [-0.39, 0.29) is 24.9 Å². The summed E-state index contributed by atoms with van der Waals surface area (Å²) >= 11 is 0. The van der Waals surface area contributed by atoms with Crippen LogP contribution in [0.2, 0.25) is 0 Å². The second kappa shape index (κ2) is 5.08. The lowest BCUT2D eigenvalue weighted by Gasteiger charge is -2.32. The molecule has 1 aromatic rings. The van der Waals surface area contributed by atoms with E-state index in [0.29, 0.717) is 0 Å². The van der Waals surface area contributed by atoms with Gasteiger partial charge in [-0.2, -0.15) is 0 Å². The van der Waals surface area contributed by atoms with Crippen molar-refractivity contribution in [3.63, 3.8) is 0 Å². The largest absolute Gasteiger partial charge is 0.487 e. The van der Waals surface area contributed by atoms with Gasteiger partial charge in [0, 0.05) is 6.20 Å². The first kappa shape index (κ1) is 14.2. The molecule has 1 saturated heterocycles. The summed E-state index contributed by atoms with van der Waals surface area (Å²) in [6, 6.07) is 3.70.